The Morgan fingerprint density at radius 2 is 1.79 bits per heavy atom. The fraction of sp³-hybridized carbons (Fsp3) is 0.885. The van der Waals surface area contributed by atoms with Crippen LogP contribution in [0.3, 0.4) is 0 Å². The number of ketones is 1. The van der Waals surface area contributed by atoms with Gasteiger partial charge >= 0.3 is 0 Å². The lowest BCUT2D eigenvalue weighted by molar-refractivity contribution is -0.155. The number of ether oxygens (including phenoxy) is 2. The van der Waals surface area contributed by atoms with Crippen LogP contribution < -0.4 is 0 Å². The summed E-state index contributed by atoms with van der Waals surface area (Å²) in [6.07, 6.45) is 3.76. The molecule has 3 fully saturated rings. The normalized spacial score (nSPS) is 46.1. The van der Waals surface area contributed by atoms with E-state index < -0.39 is 23.2 Å². The molecule has 4 rings (SSSR count). The Hall–Kier alpha value is -0.830. The molecule has 4 aliphatic carbocycles. The summed E-state index contributed by atoms with van der Waals surface area (Å²) in [5, 5.41) is 33.0. The minimum Gasteiger partial charge on any atom is -0.390 e. The lowest BCUT2D eigenvalue weighted by Crippen LogP contribution is -2.61. The maximum absolute atomic E-state index is 13.3. The first kappa shape index (κ1) is 25.3. The number of nitrogens with zero attached hydrogens (tertiary/aromatic N) is 1. The smallest absolute Gasteiger partial charge is 0.169 e. The zero-order chi connectivity index (χ0) is 24.3. The summed E-state index contributed by atoms with van der Waals surface area (Å²) in [4.78, 5) is 15.5. The van der Waals surface area contributed by atoms with Crippen molar-refractivity contribution in [2.75, 3.05) is 27.8 Å². The molecule has 188 valence electrons. The zero-order valence-electron chi connectivity index (χ0n) is 21.1. The number of likely N-dealkylation sites (N-methyl/N-ethyl adjacent to an activating group) is 1. The van der Waals surface area contributed by atoms with Gasteiger partial charge in [0.25, 0.3) is 0 Å². The molecule has 3 N–H and O–H groups in total. The third-order valence-corrected chi connectivity index (χ3v) is 10.4. The van der Waals surface area contributed by atoms with Gasteiger partial charge in [-0.3, -0.25) is 9.69 Å². The maximum atomic E-state index is 13.3. The van der Waals surface area contributed by atoms with Crippen LogP contribution in [0, 0.1) is 28.6 Å². The topological polar surface area (TPSA) is 99.5 Å². The predicted octanol–water partition coefficient (Wildman–Crippen LogP) is 2.13. The summed E-state index contributed by atoms with van der Waals surface area (Å²) in [7, 11) is 5.36. The average molecular weight is 466 g/mol. The van der Waals surface area contributed by atoms with Gasteiger partial charge in [-0.1, -0.05) is 13.8 Å². The van der Waals surface area contributed by atoms with E-state index in [9.17, 15) is 20.1 Å². The lowest BCUT2D eigenvalue weighted by atomic mass is 9.46. The van der Waals surface area contributed by atoms with Gasteiger partial charge < -0.3 is 24.8 Å². The van der Waals surface area contributed by atoms with Crippen LogP contribution >= 0.6 is 0 Å². The Morgan fingerprint density at radius 1 is 1.12 bits per heavy atom. The fourth-order valence-corrected chi connectivity index (χ4v) is 8.14. The Bertz CT molecular complexity index is 798. The van der Waals surface area contributed by atoms with E-state index in [4.69, 9.17) is 9.47 Å². The Balaban J connectivity index is 1.64. The summed E-state index contributed by atoms with van der Waals surface area (Å²) >= 11 is 0. The van der Waals surface area contributed by atoms with Crippen molar-refractivity contribution in [1.29, 1.82) is 0 Å². The Kier molecular flexibility index (Phi) is 6.65. The van der Waals surface area contributed by atoms with Gasteiger partial charge in [-0.25, -0.2) is 0 Å². The van der Waals surface area contributed by atoms with Gasteiger partial charge in [-0.2, -0.15) is 0 Å². The molecule has 33 heavy (non-hydrogen) atoms. The molecule has 0 saturated heterocycles. The minimum absolute atomic E-state index is 0.00372. The molecule has 3 saturated carbocycles. The van der Waals surface area contributed by atoms with Crippen molar-refractivity contribution in [2.45, 2.75) is 89.4 Å². The van der Waals surface area contributed by atoms with E-state index in [0.29, 0.717) is 25.8 Å². The summed E-state index contributed by atoms with van der Waals surface area (Å²) in [6.45, 7) is 7.15. The van der Waals surface area contributed by atoms with Gasteiger partial charge in [0.1, 0.15) is 0 Å². The lowest BCUT2D eigenvalue weighted by Gasteiger charge is -2.60. The van der Waals surface area contributed by atoms with Gasteiger partial charge in [0, 0.05) is 38.1 Å². The molecule has 0 heterocycles. The molecule has 9 atom stereocenters. The SMILES string of the molecule is COC(CN(C)C(C)C1CC[C@@]2(O)C3=CC(=O)[C@@H]4C[C@@H](O)[C@@H](O)C[C@]4(C)C3CC[C@]12C)OC. The highest BCUT2D eigenvalue weighted by molar-refractivity contribution is 5.95. The van der Waals surface area contributed by atoms with E-state index in [1.54, 1.807) is 20.3 Å². The number of hydrogen-bond donors (Lipinski definition) is 3. The number of aliphatic hydroxyl groups excluding tert-OH is 2. The molecule has 0 bridgehead atoms. The van der Waals surface area contributed by atoms with E-state index in [0.717, 1.165) is 24.8 Å². The van der Waals surface area contributed by atoms with E-state index >= 15 is 0 Å². The van der Waals surface area contributed by atoms with Crippen LogP contribution in [0.1, 0.15) is 59.3 Å². The van der Waals surface area contributed by atoms with E-state index in [1.165, 1.54) is 0 Å². The number of allylic oxidation sites excluding steroid dienone is 1. The van der Waals surface area contributed by atoms with Crippen molar-refractivity contribution in [3.8, 4) is 0 Å². The number of rotatable bonds is 6. The van der Waals surface area contributed by atoms with Crippen LogP contribution in [-0.2, 0) is 14.3 Å². The highest BCUT2D eigenvalue weighted by Gasteiger charge is 2.67. The molecular weight excluding hydrogens is 422 g/mol. The van der Waals surface area contributed by atoms with Crippen LogP contribution in [-0.4, -0.2) is 84.0 Å². The molecule has 7 heteroatoms. The summed E-state index contributed by atoms with van der Waals surface area (Å²) in [5.41, 5.74) is -0.911. The van der Waals surface area contributed by atoms with Crippen molar-refractivity contribution in [1.82, 2.24) is 4.90 Å². The number of hydrogen-bond acceptors (Lipinski definition) is 7. The first-order valence-corrected chi connectivity index (χ1v) is 12.5. The third-order valence-electron chi connectivity index (χ3n) is 10.4. The second-order valence-corrected chi connectivity index (χ2v) is 11.7. The number of carbonyl (C=O) groups is 1. The van der Waals surface area contributed by atoms with Gasteiger partial charge in [-0.15, -0.1) is 0 Å². The van der Waals surface area contributed by atoms with Crippen molar-refractivity contribution >= 4 is 5.78 Å². The van der Waals surface area contributed by atoms with Gasteiger partial charge in [-0.05, 0) is 81.4 Å². The van der Waals surface area contributed by atoms with Crippen LogP contribution in [0.5, 0.6) is 0 Å². The van der Waals surface area contributed by atoms with Gasteiger partial charge in [0.2, 0.25) is 0 Å². The number of methoxy groups -OCH3 is 2. The van der Waals surface area contributed by atoms with E-state index in [-0.39, 0.29) is 41.3 Å². The van der Waals surface area contributed by atoms with Crippen molar-refractivity contribution < 1.29 is 29.6 Å². The second kappa shape index (κ2) is 8.68. The van der Waals surface area contributed by atoms with Crippen LogP contribution in [0.25, 0.3) is 0 Å². The number of carbonyl (C=O) groups excluding carboxylic acids is 1. The molecule has 7 nitrogen and oxygen atoms in total. The molecule has 4 aliphatic rings. The minimum atomic E-state index is -1.03. The molecule has 0 amide bonds. The maximum Gasteiger partial charge on any atom is 0.169 e. The number of fused-ring (bicyclic) bond motifs is 5. The first-order chi connectivity index (χ1) is 15.4. The molecule has 3 unspecified atom stereocenters. The summed E-state index contributed by atoms with van der Waals surface area (Å²) < 4.78 is 10.8. The number of aliphatic hydroxyl groups is 3. The fourth-order valence-electron chi connectivity index (χ4n) is 8.14. The van der Waals surface area contributed by atoms with Crippen molar-refractivity contribution in [2.24, 2.45) is 28.6 Å². The standard InChI is InChI=1S/C26H43NO6/c1-15(27(4)14-23(32-5)33-6)16-8-10-26(31)18-11-20(28)19-12-21(29)22(30)13-24(19,2)17(18)7-9-25(16,26)3/h11,15-17,19,21-23,29-31H,7-10,12-14H2,1-6H3/t15?,16?,17?,19-,21+,22-,24+,25+,26+/m0/s1. The Labute approximate surface area is 198 Å². The monoisotopic (exact) mass is 465 g/mol. The first-order valence-electron chi connectivity index (χ1n) is 12.5. The molecule has 0 radical (unpaired) electrons. The third kappa shape index (κ3) is 3.66. The van der Waals surface area contributed by atoms with E-state index in [2.05, 4.69) is 32.7 Å². The van der Waals surface area contributed by atoms with Crippen LogP contribution in [0.15, 0.2) is 11.6 Å². The quantitative estimate of drug-likeness (QED) is 0.517. The van der Waals surface area contributed by atoms with Gasteiger partial charge in [0.15, 0.2) is 12.1 Å². The Morgan fingerprint density at radius 3 is 2.42 bits per heavy atom. The van der Waals surface area contributed by atoms with Crippen molar-refractivity contribution in [3.63, 3.8) is 0 Å². The summed E-state index contributed by atoms with van der Waals surface area (Å²) in [6, 6.07) is 0.211. The molecule has 0 aromatic carbocycles. The zero-order valence-corrected chi connectivity index (χ0v) is 21.1. The highest BCUT2D eigenvalue weighted by atomic mass is 16.7. The molecule has 0 aromatic rings. The molecule has 0 aliphatic heterocycles. The van der Waals surface area contributed by atoms with Crippen molar-refractivity contribution in [3.05, 3.63) is 11.6 Å². The molecule has 0 spiro atoms. The molecular formula is C26H43NO6. The van der Waals surface area contributed by atoms with Gasteiger partial charge in [0.05, 0.1) is 17.8 Å². The predicted molar refractivity (Wildman–Crippen MR) is 124 cm³/mol. The largest absolute Gasteiger partial charge is 0.390 e. The second-order valence-electron chi connectivity index (χ2n) is 11.7. The van der Waals surface area contributed by atoms with Crippen LogP contribution in [0.2, 0.25) is 0 Å². The summed E-state index contributed by atoms with van der Waals surface area (Å²) in [5.74, 6) is 0.0330. The highest BCUT2D eigenvalue weighted by Crippen LogP contribution is 2.67. The van der Waals surface area contributed by atoms with E-state index in [1.807, 2.05) is 0 Å². The van der Waals surface area contributed by atoms with Crippen LogP contribution in [0.4, 0.5) is 0 Å². The average Bonchev–Trinajstić information content (AvgIpc) is 3.05. The molecule has 0 aromatic heterocycles.